The molecule has 0 saturated carbocycles. The van der Waals surface area contributed by atoms with Gasteiger partial charge in [-0.2, -0.15) is 0 Å². The van der Waals surface area contributed by atoms with E-state index in [0.717, 1.165) is 38.7 Å². The molecule has 1 aliphatic rings. The Hall–Kier alpha value is -0.163. The van der Waals surface area contributed by atoms with Gasteiger partial charge in [0.1, 0.15) is 0 Å². The molecule has 3 nitrogen and oxygen atoms in total. The van der Waals surface area contributed by atoms with Crippen LogP contribution in [0.25, 0.3) is 0 Å². The van der Waals surface area contributed by atoms with Crippen LogP contribution in [0, 0.1) is 5.92 Å². The average molecular weight is 286 g/mol. The van der Waals surface area contributed by atoms with Crippen molar-refractivity contribution in [3.05, 3.63) is 12.2 Å². The van der Waals surface area contributed by atoms with E-state index in [2.05, 4.69) is 19.6 Å². The summed E-state index contributed by atoms with van der Waals surface area (Å²) in [6.45, 7) is 7.47. The Bertz CT molecular complexity index is 273. The quantitative estimate of drug-likeness (QED) is 0.389. The summed E-state index contributed by atoms with van der Waals surface area (Å²) in [6.07, 6.45) is 9.01. The molecule has 1 aliphatic carbocycles. The maximum absolute atomic E-state index is 9.94. The number of hydrogen-bond acceptors (Lipinski definition) is 3. The molecule has 0 aromatic rings. The molecule has 0 bridgehead atoms. The molecule has 0 spiro atoms. The Morgan fingerprint density at radius 2 is 2.00 bits per heavy atom. The summed E-state index contributed by atoms with van der Waals surface area (Å²) < 4.78 is 5.79. The third-order valence-corrected chi connectivity index (χ3v) is 4.59. The Balaban J connectivity index is 1.98. The molecule has 112 valence electrons. The van der Waals surface area contributed by atoms with Crippen LogP contribution in [-0.4, -0.2) is 37.3 Å². The van der Waals surface area contributed by atoms with E-state index in [1.807, 2.05) is 12.2 Å². The number of unbranched alkanes of at least 4 members (excludes halogenated alkanes) is 2. The third kappa shape index (κ3) is 7.87. The Morgan fingerprint density at radius 3 is 2.58 bits per heavy atom. The Labute approximate surface area is 118 Å². The van der Waals surface area contributed by atoms with Crippen LogP contribution in [-0.2, 0) is 4.43 Å². The molecule has 0 fully saturated rings. The van der Waals surface area contributed by atoms with Gasteiger partial charge in [-0.25, -0.2) is 0 Å². The zero-order valence-corrected chi connectivity index (χ0v) is 13.6. The monoisotopic (exact) mass is 286 g/mol. The summed E-state index contributed by atoms with van der Waals surface area (Å²) in [6, 6.07) is 0. The van der Waals surface area contributed by atoms with E-state index < -0.39 is 8.32 Å². The normalized spacial score (nSPS) is 24.9. The molecular formula is C15H30O3Si. The van der Waals surface area contributed by atoms with Crippen molar-refractivity contribution in [1.29, 1.82) is 0 Å². The first kappa shape index (κ1) is 16.9. The summed E-state index contributed by atoms with van der Waals surface area (Å²) in [7, 11) is -1.36. The lowest BCUT2D eigenvalue weighted by atomic mass is 9.96. The fourth-order valence-electron chi connectivity index (χ4n) is 2.40. The molecule has 19 heavy (non-hydrogen) atoms. The van der Waals surface area contributed by atoms with Gasteiger partial charge in [-0.1, -0.05) is 25.0 Å². The summed E-state index contributed by atoms with van der Waals surface area (Å²) in [5.41, 5.74) is 0. The second kappa shape index (κ2) is 8.20. The smallest absolute Gasteiger partial charge is 0.183 e. The summed E-state index contributed by atoms with van der Waals surface area (Å²) in [5.74, 6) is 0.158. The maximum Gasteiger partial charge on any atom is 0.183 e. The highest BCUT2D eigenvalue weighted by Gasteiger charge is 2.22. The van der Waals surface area contributed by atoms with Gasteiger partial charge in [-0.3, -0.25) is 0 Å². The van der Waals surface area contributed by atoms with Crippen molar-refractivity contribution in [2.75, 3.05) is 6.61 Å². The average Bonchev–Trinajstić information content (AvgIpc) is 2.68. The minimum atomic E-state index is -1.36. The second-order valence-electron chi connectivity index (χ2n) is 6.59. The fourth-order valence-corrected chi connectivity index (χ4v) is 3.16. The molecule has 0 heterocycles. The highest BCUT2D eigenvalue weighted by Crippen LogP contribution is 2.24. The number of aliphatic hydroxyl groups excluding tert-OH is 2. The van der Waals surface area contributed by atoms with Gasteiger partial charge in [0.2, 0.25) is 0 Å². The van der Waals surface area contributed by atoms with E-state index >= 15 is 0 Å². The van der Waals surface area contributed by atoms with E-state index in [4.69, 9.17) is 4.43 Å². The summed E-state index contributed by atoms with van der Waals surface area (Å²) >= 11 is 0. The lowest BCUT2D eigenvalue weighted by Gasteiger charge is -2.18. The molecular weight excluding hydrogens is 256 g/mol. The third-order valence-electron chi connectivity index (χ3n) is 3.52. The minimum absolute atomic E-state index is 0.158. The number of rotatable bonds is 9. The van der Waals surface area contributed by atoms with E-state index in [1.54, 1.807) is 0 Å². The van der Waals surface area contributed by atoms with Gasteiger partial charge in [0.15, 0.2) is 8.32 Å². The van der Waals surface area contributed by atoms with Crippen molar-refractivity contribution in [2.45, 2.75) is 70.4 Å². The lowest BCUT2D eigenvalue weighted by Crippen LogP contribution is -2.25. The predicted molar refractivity (Wildman–Crippen MR) is 81.6 cm³/mol. The first-order valence-electron chi connectivity index (χ1n) is 7.55. The van der Waals surface area contributed by atoms with E-state index in [9.17, 15) is 10.2 Å². The van der Waals surface area contributed by atoms with Gasteiger partial charge >= 0.3 is 0 Å². The summed E-state index contributed by atoms with van der Waals surface area (Å²) in [5, 5.41) is 19.6. The Kier molecular flexibility index (Phi) is 7.29. The van der Waals surface area contributed by atoms with Gasteiger partial charge in [0, 0.05) is 12.5 Å². The van der Waals surface area contributed by atoms with Crippen molar-refractivity contribution >= 4 is 8.32 Å². The zero-order chi connectivity index (χ0) is 14.3. The standard InChI is InChI=1S/C15H30O3Si/c1-19(2,3)18-11-6-4-5-9-14(16)12-13-8-7-10-15(13)17/h7-8,13-17H,4-6,9-12H2,1-3H3/t13-,14?,15-/m0/s1. The van der Waals surface area contributed by atoms with Crippen molar-refractivity contribution in [3.8, 4) is 0 Å². The van der Waals surface area contributed by atoms with Gasteiger partial charge in [-0.05, 0) is 45.3 Å². The topological polar surface area (TPSA) is 49.7 Å². The molecule has 0 aliphatic heterocycles. The molecule has 1 unspecified atom stereocenters. The van der Waals surface area contributed by atoms with Crippen LogP contribution in [0.5, 0.6) is 0 Å². The maximum atomic E-state index is 9.94. The molecule has 0 radical (unpaired) electrons. The predicted octanol–water partition coefficient (Wildman–Crippen LogP) is 3.09. The molecule has 0 amide bonds. The first-order valence-corrected chi connectivity index (χ1v) is 11.0. The Morgan fingerprint density at radius 1 is 1.26 bits per heavy atom. The molecule has 2 N–H and O–H groups in total. The molecule has 0 saturated heterocycles. The van der Waals surface area contributed by atoms with E-state index in [0.29, 0.717) is 6.42 Å². The van der Waals surface area contributed by atoms with Crippen LogP contribution in [0.2, 0.25) is 19.6 Å². The van der Waals surface area contributed by atoms with Gasteiger partial charge in [0.05, 0.1) is 12.2 Å². The van der Waals surface area contributed by atoms with Crippen LogP contribution >= 0.6 is 0 Å². The van der Waals surface area contributed by atoms with Crippen LogP contribution in [0.1, 0.15) is 38.5 Å². The van der Waals surface area contributed by atoms with Crippen LogP contribution in [0.3, 0.4) is 0 Å². The highest BCUT2D eigenvalue weighted by molar-refractivity contribution is 6.69. The molecule has 0 aromatic carbocycles. The van der Waals surface area contributed by atoms with Crippen molar-refractivity contribution in [2.24, 2.45) is 5.92 Å². The van der Waals surface area contributed by atoms with Gasteiger partial charge in [0.25, 0.3) is 0 Å². The van der Waals surface area contributed by atoms with Crippen molar-refractivity contribution < 1.29 is 14.6 Å². The van der Waals surface area contributed by atoms with Crippen molar-refractivity contribution in [1.82, 2.24) is 0 Å². The number of aliphatic hydroxyl groups is 2. The minimum Gasteiger partial charge on any atom is -0.418 e. The lowest BCUT2D eigenvalue weighted by molar-refractivity contribution is 0.0845. The summed E-state index contributed by atoms with van der Waals surface area (Å²) in [4.78, 5) is 0. The van der Waals surface area contributed by atoms with Gasteiger partial charge in [-0.15, -0.1) is 0 Å². The van der Waals surface area contributed by atoms with E-state index in [-0.39, 0.29) is 18.1 Å². The zero-order valence-electron chi connectivity index (χ0n) is 12.6. The van der Waals surface area contributed by atoms with E-state index in [1.165, 1.54) is 0 Å². The van der Waals surface area contributed by atoms with Crippen molar-refractivity contribution in [3.63, 3.8) is 0 Å². The SMILES string of the molecule is C[Si](C)(C)OCCCCCC(O)C[C@@H]1C=CC[C@@H]1O. The number of hydrogen-bond donors (Lipinski definition) is 2. The van der Waals surface area contributed by atoms with Gasteiger partial charge < -0.3 is 14.6 Å². The molecule has 0 aromatic heterocycles. The van der Waals surface area contributed by atoms with Crippen LogP contribution < -0.4 is 0 Å². The van der Waals surface area contributed by atoms with Crippen LogP contribution in [0.15, 0.2) is 12.2 Å². The second-order valence-corrected chi connectivity index (χ2v) is 11.1. The molecule has 4 heteroatoms. The highest BCUT2D eigenvalue weighted by atomic mass is 28.4. The molecule has 1 rings (SSSR count). The fraction of sp³-hybridized carbons (Fsp3) is 0.867. The largest absolute Gasteiger partial charge is 0.418 e. The van der Waals surface area contributed by atoms with Crippen LogP contribution in [0.4, 0.5) is 0 Å². The first-order chi connectivity index (χ1) is 8.88. The molecule has 3 atom stereocenters.